The molecule has 0 radical (unpaired) electrons. The first-order valence-corrected chi connectivity index (χ1v) is 17.2. The second-order valence-electron chi connectivity index (χ2n) is 12.9. The van der Waals surface area contributed by atoms with Crippen LogP contribution in [0.1, 0.15) is 0 Å². The third-order valence-electron chi connectivity index (χ3n) is 9.89. The van der Waals surface area contributed by atoms with E-state index in [9.17, 15) is 0 Å². The van der Waals surface area contributed by atoms with Gasteiger partial charge in [0.25, 0.3) is 0 Å². The van der Waals surface area contributed by atoms with Gasteiger partial charge in [0, 0.05) is 44.5 Å². The molecule has 3 heteroatoms. The summed E-state index contributed by atoms with van der Waals surface area (Å²) in [6.45, 7) is 0. The van der Waals surface area contributed by atoms with Gasteiger partial charge in [-0.1, -0.05) is 127 Å². The van der Waals surface area contributed by atoms with E-state index in [0.717, 1.165) is 72.1 Å². The van der Waals surface area contributed by atoms with Crippen LogP contribution in [0, 0.1) is 0 Å². The second-order valence-corrected chi connectivity index (χ2v) is 12.9. The maximum Gasteiger partial charge on any atom is 0.137 e. The van der Waals surface area contributed by atoms with Crippen molar-refractivity contribution in [2.45, 2.75) is 0 Å². The van der Waals surface area contributed by atoms with E-state index in [1.807, 2.05) is 24.3 Å². The van der Waals surface area contributed by atoms with Crippen LogP contribution >= 0.6 is 0 Å². The minimum atomic E-state index is 0.839. The first-order valence-electron chi connectivity index (χ1n) is 17.2. The van der Waals surface area contributed by atoms with Crippen molar-refractivity contribution in [2.75, 3.05) is 4.90 Å². The molecular weight excluding hydrogens is 623 g/mol. The van der Waals surface area contributed by atoms with Crippen LogP contribution in [0.5, 0.6) is 0 Å². The number of nitrogens with zero attached hydrogens (tertiary/aromatic N) is 1. The quantitative estimate of drug-likeness (QED) is 0.179. The number of anilines is 3. The van der Waals surface area contributed by atoms with E-state index in [2.05, 4.69) is 169 Å². The van der Waals surface area contributed by atoms with E-state index in [1.54, 1.807) is 0 Å². The van der Waals surface area contributed by atoms with Gasteiger partial charge in [-0.2, -0.15) is 0 Å². The average molecular weight is 654 g/mol. The first-order chi connectivity index (χ1) is 25.3. The molecule has 0 aliphatic rings. The smallest absolute Gasteiger partial charge is 0.137 e. The van der Waals surface area contributed by atoms with Crippen LogP contribution < -0.4 is 4.90 Å². The van der Waals surface area contributed by atoms with Gasteiger partial charge in [-0.05, 0) is 82.4 Å². The summed E-state index contributed by atoms with van der Waals surface area (Å²) in [7, 11) is 0. The molecule has 240 valence electrons. The Bertz CT molecular complexity index is 2750. The lowest BCUT2D eigenvalue weighted by Gasteiger charge is -2.28. The van der Waals surface area contributed by atoms with Crippen molar-refractivity contribution < 1.29 is 8.83 Å². The zero-order valence-corrected chi connectivity index (χ0v) is 27.7. The number of hydrogen-bond donors (Lipinski definition) is 0. The molecule has 10 rings (SSSR count). The molecule has 10 aromatic rings. The number of furan rings is 2. The van der Waals surface area contributed by atoms with Crippen molar-refractivity contribution in [2.24, 2.45) is 0 Å². The monoisotopic (exact) mass is 653 g/mol. The minimum Gasteiger partial charge on any atom is -0.456 e. The fourth-order valence-corrected chi connectivity index (χ4v) is 7.36. The largest absolute Gasteiger partial charge is 0.456 e. The Balaban J connectivity index is 1.21. The Morgan fingerprint density at radius 1 is 0.294 bits per heavy atom. The van der Waals surface area contributed by atoms with Crippen LogP contribution in [0.2, 0.25) is 0 Å². The van der Waals surface area contributed by atoms with Crippen LogP contribution in [0.15, 0.2) is 197 Å². The van der Waals surface area contributed by atoms with Crippen LogP contribution in [-0.2, 0) is 0 Å². The summed E-state index contributed by atoms with van der Waals surface area (Å²) < 4.78 is 12.9. The lowest BCUT2D eigenvalue weighted by Crippen LogP contribution is -2.11. The molecule has 2 heterocycles. The van der Waals surface area contributed by atoms with Crippen molar-refractivity contribution >= 4 is 60.9 Å². The molecule has 0 atom stereocenters. The van der Waals surface area contributed by atoms with Crippen LogP contribution in [0.25, 0.3) is 77.3 Å². The van der Waals surface area contributed by atoms with Crippen molar-refractivity contribution in [3.8, 4) is 33.4 Å². The molecule has 2 aromatic heterocycles. The highest BCUT2D eigenvalue weighted by molar-refractivity contribution is 6.11. The molecule has 0 spiro atoms. The molecule has 0 aliphatic carbocycles. The van der Waals surface area contributed by atoms with Gasteiger partial charge in [0.05, 0.1) is 5.69 Å². The Morgan fingerprint density at radius 3 is 1.29 bits per heavy atom. The third-order valence-corrected chi connectivity index (χ3v) is 9.89. The van der Waals surface area contributed by atoms with E-state index >= 15 is 0 Å². The highest BCUT2D eigenvalue weighted by Crippen LogP contribution is 2.46. The van der Waals surface area contributed by atoms with Crippen LogP contribution in [-0.4, -0.2) is 0 Å². The van der Waals surface area contributed by atoms with Crippen LogP contribution in [0.4, 0.5) is 17.1 Å². The summed E-state index contributed by atoms with van der Waals surface area (Å²) in [4.78, 5) is 2.34. The van der Waals surface area contributed by atoms with Gasteiger partial charge in [0.1, 0.15) is 22.3 Å². The maximum atomic E-state index is 6.52. The Morgan fingerprint density at radius 2 is 0.725 bits per heavy atom. The molecule has 0 amide bonds. The molecule has 0 unspecified atom stereocenters. The van der Waals surface area contributed by atoms with Gasteiger partial charge in [-0.15, -0.1) is 0 Å². The van der Waals surface area contributed by atoms with Crippen molar-refractivity contribution in [1.82, 2.24) is 0 Å². The fraction of sp³-hybridized carbons (Fsp3) is 0. The molecule has 0 bridgehead atoms. The molecule has 0 saturated carbocycles. The number of hydrogen-bond acceptors (Lipinski definition) is 3. The van der Waals surface area contributed by atoms with Crippen molar-refractivity contribution in [1.29, 1.82) is 0 Å². The van der Waals surface area contributed by atoms with Crippen LogP contribution in [0.3, 0.4) is 0 Å². The average Bonchev–Trinajstić information content (AvgIpc) is 3.76. The van der Waals surface area contributed by atoms with E-state index < -0.39 is 0 Å². The summed E-state index contributed by atoms with van der Waals surface area (Å²) >= 11 is 0. The summed E-state index contributed by atoms with van der Waals surface area (Å²) in [5.41, 5.74) is 13.4. The van der Waals surface area contributed by atoms with E-state index in [1.165, 1.54) is 22.3 Å². The lowest BCUT2D eigenvalue weighted by molar-refractivity contribution is 0.669. The van der Waals surface area contributed by atoms with Gasteiger partial charge >= 0.3 is 0 Å². The maximum absolute atomic E-state index is 6.52. The molecular formula is C48H31NO2. The molecule has 0 saturated heterocycles. The van der Waals surface area contributed by atoms with Gasteiger partial charge in [0.15, 0.2) is 0 Å². The lowest BCUT2D eigenvalue weighted by atomic mass is 9.97. The standard InChI is InChI=1S/C48H31NO2/c1-3-11-32(12-4-1)34-19-24-37(25-20-34)49(38-26-21-35(22-27-38)33-13-5-2-6-14-33)44-31-48-43(40-16-8-10-18-46(40)51-48)30-42(44)36-23-28-41-39-15-7-9-17-45(39)50-47(41)29-36/h1-31H. The summed E-state index contributed by atoms with van der Waals surface area (Å²) in [6, 6.07) is 66.2. The Hall–Kier alpha value is -6.84. The predicted octanol–water partition coefficient (Wildman–Crippen LogP) is 14.0. The summed E-state index contributed by atoms with van der Waals surface area (Å²) in [6.07, 6.45) is 0. The highest BCUT2D eigenvalue weighted by Gasteiger charge is 2.22. The number of rotatable bonds is 6. The Labute approximate surface area is 295 Å². The topological polar surface area (TPSA) is 29.5 Å². The molecule has 8 aromatic carbocycles. The summed E-state index contributed by atoms with van der Waals surface area (Å²) in [5.74, 6) is 0. The summed E-state index contributed by atoms with van der Waals surface area (Å²) in [5, 5.41) is 4.40. The number of fused-ring (bicyclic) bond motifs is 6. The van der Waals surface area contributed by atoms with Gasteiger partial charge < -0.3 is 13.7 Å². The molecule has 0 fully saturated rings. The van der Waals surface area contributed by atoms with E-state index in [4.69, 9.17) is 8.83 Å². The van der Waals surface area contributed by atoms with Crippen molar-refractivity contribution in [3.05, 3.63) is 188 Å². The van der Waals surface area contributed by atoms with E-state index in [0.29, 0.717) is 0 Å². The number of benzene rings is 8. The molecule has 3 nitrogen and oxygen atoms in total. The number of para-hydroxylation sites is 2. The SMILES string of the molecule is c1ccc(-c2ccc(N(c3ccc(-c4ccccc4)cc3)c3cc4oc5ccccc5c4cc3-c3ccc4c(c3)oc3ccccc34)cc2)cc1. The third kappa shape index (κ3) is 5.06. The zero-order valence-electron chi connectivity index (χ0n) is 27.7. The molecule has 0 N–H and O–H groups in total. The fourth-order valence-electron chi connectivity index (χ4n) is 7.36. The Kier molecular flexibility index (Phi) is 6.81. The molecule has 51 heavy (non-hydrogen) atoms. The van der Waals surface area contributed by atoms with Crippen molar-refractivity contribution in [3.63, 3.8) is 0 Å². The van der Waals surface area contributed by atoms with E-state index in [-0.39, 0.29) is 0 Å². The highest BCUT2D eigenvalue weighted by atomic mass is 16.3. The second kappa shape index (κ2) is 11.9. The van der Waals surface area contributed by atoms with Gasteiger partial charge in [-0.3, -0.25) is 0 Å². The van der Waals surface area contributed by atoms with Gasteiger partial charge in [0.2, 0.25) is 0 Å². The normalized spacial score (nSPS) is 11.5. The zero-order chi connectivity index (χ0) is 33.7. The minimum absolute atomic E-state index is 0.839. The first kappa shape index (κ1) is 29.1. The molecule has 0 aliphatic heterocycles. The predicted molar refractivity (Wildman–Crippen MR) is 212 cm³/mol. The van der Waals surface area contributed by atoms with Gasteiger partial charge in [-0.25, -0.2) is 0 Å².